The maximum Gasteiger partial charge on any atom is 0.513 e. The molecule has 1 N–H and O–H groups in total. The highest BCUT2D eigenvalue weighted by atomic mass is 16.7. The van der Waals surface area contributed by atoms with Gasteiger partial charge in [0.05, 0.1) is 24.1 Å². The Morgan fingerprint density at radius 2 is 1.77 bits per heavy atom. The monoisotopic (exact) mass is 422 g/mol. The minimum absolute atomic E-state index is 0.00456. The second-order valence-electron chi connectivity index (χ2n) is 6.75. The molecule has 1 aromatic rings. The molecule has 0 aromatic carbocycles. The first kappa shape index (κ1) is 23.0. The summed E-state index contributed by atoms with van der Waals surface area (Å²) in [5.41, 5.74) is 1.44. The summed E-state index contributed by atoms with van der Waals surface area (Å²) in [6.07, 6.45) is 0.345. The number of ether oxygens (including phenoxy) is 5. The van der Waals surface area contributed by atoms with E-state index in [2.05, 4.69) is 5.32 Å². The summed E-state index contributed by atoms with van der Waals surface area (Å²) in [5, 5.41) is 14.9. The molecule has 2 rings (SSSR count). The van der Waals surface area contributed by atoms with Crippen LogP contribution in [-0.4, -0.2) is 38.7 Å². The van der Waals surface area contributed by atoms with Gasteiger partial charge in [0.1, 0.15) is 24.0 Å². The van der Waals surface area contributed by atoms with Crippen LogP contribution >= 0.6 is 0 Å². The van der Waals surface area contributed by atoms with Crippen molar-refractivity contribution in [2.75, 3.05) is 20.3 Å². The smallest absolute Gasteiger partial charge is 0.513 e. The van der Waals surface area contributed by atoms with E-state index in [1.807, 2.05) is 0 Å². The zero-order chi connectivity index (χ0) is 22.3. The fraction of sp³-hybridized carbons (Fsp3) is 0.450. The van der Waals surface area contributed by atoms with E-state index in [4.69, 9.17) is 23.7 Å². The number of hydrogen-bond acceptors (Lipinski definition) is 9. The van der Waals surface area contributed by atoms with E-state index in [-0.39, 0.29) is 24.7 Å². The number of methoxy groups -OCH3 is 1. The van der Waals surface area contributed by atoms with Crippen LogP contribution in [0.15, 0.2) is 47.4 Å². The maximum atomic E-state index is 12.2. The zero-order valence-electron chi connectivity index (χ0n) is 17.6. The van der Waals surface area contributed by atoms with Crippen molar-refractivity contribution in [2.24, 2.45) is 0 Å². The largest absolute Gasteiger partial charge is 0.619 e. The van der Waals surface area contributed by atoms with Crippen LogP contribution < -0.4 is 10.0 Å². The lowest BCUT2D eigenvalue weighted by Crippen LogP contribution is -2.32. The lowest BCUT2D eigenvalue weighted by Gasteiger charge is -2.29. The topological polar surface area (TPSA) is 119 Å². The zero-order valence-corrected chi connectivity index (χ0v) is 17.6. The average Bonchev–Trinajstić information content (AvgIpc) is 2.65. The Morgan fingerprint density at radius 1 is 1.13 bits per heavy atom. The fourth-order valence-electron chi connectivity index (χ4n) is 2.81. The number of hydrogen-bond donors (Lipinski definition) is 1. The number of aromatic nitrogens is 1. The van der Waals surface area contributed by atoms with Crippen molar-refractivity contribution in [1.82, 2.24) is 5.32 Å². The maximum absolute atomic E-state index is 12.2. The van der Waals surface area contributed by atoms with Gasteiger partial charge in [-0.1, -0.05) is 0 Å². The van der Waals surface area contributed by atoms with Gasteiger partial charge in [0, 0.05) is 18.7 Å². The molecular formula is C20H26N2O8. The van der Waals surface area contributed by atoms with Crippen LogP contribution in [-0.2, 0) is 23.7 Å². The van der Waals surface area contributed by atoms with Crippen LogP contribution in [0.25, 0.3) is 0 Å². The van der Waals surface area contributed by atoms with Crippen molar-refractivity contribution in [3.8, 4) is 0 Å². The second-order valence-corrected chi connectivity index (χ2v) is 6.75. The van der Waals surface area contributed by atoms with Crippen molar-refractivity contribution in [3.05, 3.63) is 58.2 Å². The molecule has 10 nitrogen and oxygen atoms in total. The molecule has 0 amide bonds. The highest BCUT2D eigenvalue weighted by molar-refractivity contribution is 5.65. The molecule has 10 heteroatoms. The Balaban J connectivity index is 2.39. The molecule has 0 saturated carbocycles. The van der Waals surface area contributed by atoms with Crippen molar-refractivity contribution >= 4 is 12.3 Å². The number of nitrogens with one attached hydrogen (secondary N) is 1. The Kier molecular flexibility index (Phi) is 8.05. The van der Waals surface area contributed by atoms with Crippen LogP contribution in [0.5, 0.6) is 0 Å². The summed E-state index contributed by atoms with van der Waals surface area (Å²) in [4.78, 5) is 24.3. The first-order valence-electron chi connectivity index (χ1n) is 9.32. The van der Waals surface area contributed by atoms with Gasteiger partial charge in [-0.2, -0.15) is 4.73 Å². The minimum Gasteiger partial charge on any atom is -0.619 e. The predicted octanol–water partition coefficient (Wildman–Crippen LogP) is 2.83. The number of carbonyl (C=O) groups is 2. The predicted molar refractivity (Wildman–Crippen MR) is 104 cm³/mol. The lowest BCUT2D eigenvalue weighted by atomic mass is 9.91. The first-order valence-corrected chi connectivity index (χ1v) is 9.32. The van der Waals surface area contributed by atoms with E-state index in [9.17, 15) is 14.8 Å². The third-order valence-electron chi connectivity index (χ3n) is 4.00. The molecule has 0 radical (unpaired) electrons. The van der Waals surface area contributed by atoms with Gasteiger partial charge in [0.2, 0.25) is 0 Å². The Hall–Kier alpha value is -3.27. The third kappa shape index (κ3) is 6.11. The summed E-state index contributed by atoms with van der Waals surface area (Å²) in [5.74, 6) is -0.596. The minimum atomic E-state index is -0.956. The number of dihydropyridines is 1. The summed E-state index contributed by atoms with van der Waals surface area (Å²) < 4.78 is 26.3. The highest BCUT2D eigenvalue weighted by Crippen LogP contribution is 2.39. The molecule has 0 aliphatic carbocycles. The van der Waals surface area contributed by atoms with Crippen molar-refractivity contribution in [2.45, 2.75) is 39.7 Å². The van der Waals surface area contributed by atoms with E-state index in [1.165, 1.54) is 25.6 Å². The van der Waals surface area contributed by atoms with E-state index < -0.39 is 24.3 Å². The molecule has 164 valence electrons. The van der Waals surface area contributed by atoms with Crippen molar-refractivity contribution < 1.29 is 38.0 Å². The van der Waals surface area contributed by atoms with Crippen LogP contribution in [0.2, 0.25) is 0 Å². The van der Waals surface area contributed by atoms with E-state index in [0.717, 1.165) is 0 Å². The van der Waals surface area contributed by atoms with Crippen LogP contribution in [0.4, 0.5) is 9.59 Å². The normalized spacial score (nSPS) is 16.3. The molecule has 30 heavy (non-hydrogen) atoms. The number of nitrogens with zero attached hydrogens (tertiary/aromatic N) is 1. The SMILES string of the molecule is COCCOC(=O)OC1=C(C)NC(C)=C(OC(=O)OC(C)C)C1c1ccc[n+]([O-])c1. The summed E-state index contributed by atoms with van der Waals surface area (Å²) >= 11 is 0. The standard InChI is InChI=1S/C20H26N2O8/c1-12(2)28-20(24)30-18-14(4)21-13(3)17(29-19(23)27-10-9-26-5)16(18)15-7-6-8-22(25)11-15/h6-8,11-12,16,21H,9-10H2,1-5H3. The average molecular weight is 422 g/mol. The van der Waals surface area contributed by atoms with E-state index in [1.54, 1.807) is 33.8 Å². The van der Waals surface area contributed by atoms with Crippen LogP contribution in [0, 0.1) is 5.21 Å². The number of pyridine rings is 1. The van der Waals surface area contributed by atoms with Crippen LogP contribution in [0.1, 0.15) is 39.2 Å². The molecule has 1 aliphatic rings. The molecule has 0 fully saturated rings. The molecule has 1 unspecified atom stereocenters. The Bertz CT molecular complexity index is 847. The second kappa shape index (κ2) is 10.5. The number of carbonyl (C=O) groups excluding carboxylic acids is 2. The molecule has 1 aromatic heterocycles. The number of rotatable bonds is 7. The molecule has 0 bridgehead atoms. The van der Waals surface area contributed by atoms with Gasteiger partial charge >= 0.3 is 12.3 Å². The fourth-order valence-corrected chi connectivity index (χ4v) is 2.81. The molecule has 1 atom stereocenters. The molecule has 0 saturated heterocycles. The number of allylic oxidation sites excluding steroid dienone is 2. The van der Waals surface area contributed by atoms with Gasteiger partial charge in [-0.15, -0.1) is 0 Å². The molecule has 1 aliphatic heterocycles. The van der Waals surface area contributed by atoms with Crippen molar-refractivity contribution in [3.63, 3.8) is 0 Å². The molecular weight excluding hydrogens is 396 g/mol. The van der Waals surface area contributed by atoms with E-state index in [0.29, 0.717) is 21.7 Å². The van der Waals surface area contributed by atoms with Gasteiger partial charge in [0.25, 0.3) is 0 Å². The lowest BCUT2D eigenvalue weighted by molar-refractivity contribution is -0.605. The molecule has 0 spiro atoms. The third-order valence-corrected chi connectivity index (χ3v) is 4.00. The Morgan fingerprint density at radius 3 is 2.33 bits per heavy atom. The van der Waals surface area contributed by atoms with Gasteiger partial charge in [-0.05, 0) is 33.8 Å². The summed E-state index contributed by atoms with van der Waals surface area (Å²) in [6, 6.07) is 3.19. The van der Waals surface area contributed by atoms with Gasteiger partial charge < -0.3 is 34.2 Å². The highest BCUT2D eigenvalue weighted by Gasteiger charge is 2.36. The Labute approximate surface area is 174 Å². The van der Waals surface area contributed by atoms with Gasteiger partial charge in [0.15, 0.2) is 12.4 Å². The molecule has 2 heterocycles. The quantitative estimate of drug-likeness (QED) is 0.306. The summed E-state index contributed by atoms with van der Waals surface area (Å²) in [7, 11) is 1.48. The van der Waals surface area contributed by atoms with Gasteiger partial charge in [-0.25, -0.2) is 9.59 Å². The summed E-state index contributed by atoms with van der Waals surface area (Å²) in [6.45, 7) is 6.96. The van der Waals surface area contributed by atoms with Crippen LogP contribution in [0.3, 0.4) is 0 Å². The van der Waals surface area contributed by atoms with Crippen molar-refractivity contribution in [1.29, 1.82) is 0 Å². The first-order chi connectivity index (χ1) is 14.2. The van der Waals surface area contributed by atoms with E-state index >= 15 is 0 Å². The van der Waals surface area contributed by atoms with Gasteiger partial charge in [-0.3, -0.25) is 0 Å².